The van der Waals surface area contributed by atoms with Gasteiger partial charge in [0, 0.05) is 6.61 Å². The van der Waals surface area contributed by atoms with E-state index in [9.17, 15) is 9.59 Å². The van der Waals surface area contributed by atoms with E-state index in [4.69, 9.17) is 10.00 Å². The maximum atomic E-state index is 10.9. The molecule has 1 radical (unpaired) electrons. The van der Waals surface area contributed by atoms with Crippen LogP contribution in [0.4, 0.5) is 0 Å². The summed E-state index contributed by atoms with van der Waals surface area (Å²) in [6.45, 7) is 4.11. The number of nitriles is 1. The molecular weight excluding hydrogens is 214 g/mol. The van der Waals surface area contributed by atoms with Gasteiger partial charge in [0.2, 0.25) is 9.76 Å². The van der Waals surface area contributed by atoms with E-state index in [0.29, 0.717) is 6.61 Å². The van der Waals surface area contributed by atoms with E-state index in [-0.39, 0.29) is 18.8 Å². The fraction of sp³-hybridized carbons (Fsp3) is 0.556. The van der Waals surface area contributed by atoms with Crippen LogP contribution in [0.1, 0.15) is 6.42 Å². The van der Waals surface area contributed by atoms with Crippen LogP contribution < -0.4 is 0 Å². The van der Waals surface area contributed by atoms with Gasteiger partial charge in [0.1, 0.15) is 18.2 Å². The number of rotatable bonds is 8. The zero-order chi connectivity index (χ0) is 11.5. The Morgan fingerprint density at radius 3 is 2.73 bits per heavy atom. The predicted octanol–water partition coefficient (Wildman–Crippen LogP) is -0.0513. The average Bonchev–Trinajstić information content (AvgIpc) is 2.26. The van der Waals surface area contributed by atoms with E-state index in [2.05, 4.69) is 11.3 Å². The molecule has 0 fully saturated rings. The van der Waals surface area contributed by atoms with Gasteiger partial charge >= 0.3 is 5.97 Å². The molecule has 0 amide bonds. The molecule has 0 spiro atoms. The van der Waals surface area contributed by atoms with Crippen molar-refractivity contribution in [2.45, 2.75) is 12.5 Å². The highest BCUT2D eigenvalue weighted by Crippen LogP contribution is 1.93. The molecule has 0 aliphatic heterocycles. The summed E-state index contributed by atoms with van der Waals surface area (Å²) in [5.41, 5.74) is -0.215. The van der Waals surface area contributed by atoms with Crippen LogP contribution in [0.15, 0.2) is 12.2 Å². The van der Waals surface area contributed by atoms with Crippen LogP contribution in [0.3, 0.4) is 0 Å². The van der Waals surface area contributed by atoms with Gasteiger partial charge in [-0.3, -0.25) is 0 Å². The maximum absolute atomic E-state index is 10.9. The van der Waals surface area contributed by atoms with Crippen LogP contribution in [-0.2, 0) is 19.1 Å². The molecule has 0 aliphatic carbocycles. The summed E-state index contributed by atoms with van der Waals surface area (Å²) in [7, 11) is -1.12. The molecule has 0 bridgehead atoms. The average molecular weight is 228 g/mol. The van der Waals surface area contributed by atoms with Crippen LogP contribution in [0, 0.1) is 11.3 Å². The molecular formula is C9H14NO4Si. The van der Waals surface area contributed by atoms with Gasteiger partial charge in [-0.2, -0.15) is 5.26 Å². The third-order valence-corrected chi connectivity index (χ3v) is 2.31. The first-order valence-corrected chi connectivity index (χ1v) is 6.22. The first-order chi connectivity index (χ1) is 7.22. The van der Waals surface area contributed by atoms with E-state index in [1.165, 1.54) is 0 Å². The predicted molar refractivity (Wildman–Crippen MR) is 55.2 cm³/mol. The van der Waals surface area contributed by atoms with Crippen molar-refractivity contribution in [2.24, 2.45) is 0 Å². The number of nitrogens with zero attached hydrogens (tertiary/aromatic N) is 1. The van der Waals surface area contributed by atoms with Crippen LogP contribution in [0.2, 0.25) is 6.04 Å². The molecule has 15 heavy (non-hydrogen) atoms. The highest BCUT2D eigenvalue weighted by atomic mass is 28.2. The first-order valence-electron chi connectivity index (χ1n) is 4.64. The van der Waals surface area contributed by atoms with E-state index >= 15 is 0 Å². The minimum Gasteiger partial charge on any atom is -0.459 e. The number of carbonyl (C=O) groups excluding carboxylic acids is 1. The molecule has 0 aromatic rings. The van der Waals surface area contributed by atoms with Crippen LogP contribution in [0.25, 0.3) is 0 Å². The molecule has 0 atom stereocenters. The van der Waals surface area contributed by atoms with E-state index in [1.54, 1.807) is 6.07 Å². The van der Waals surface area contributed by atoms with Crippen molar-refractivity contribution in [1.82, 2.24) is 0 Å². The lowest BCUT2D eigenvalue weighted by molar-refractivity contribution is -0.140. The molecule has 0 aromatic heterocycles. The monoisotopic (exact) mass is 228 g/mol. The summed E-state index contributed by atoms with van der Waals surface area (Å²) < 4.78 is 9.76. The van der Waals surface area contributed by atoms with E-state index in [1.807, 2.05) is 0 Å². The second-order valence-corrected chi connectivity index (χ2v) is 3.87. The van der Waals surface area contributed by atoms with Gasteiger partial charge in [-0.05, 0) is 12.5 Å². The number of hydrogen-bond acceptors (Lipinski definition) is 4. The molecule has 5 nitrogen and oxygen atoms in total. The molecule has 0 heterocycles. The minimum atomic E-state index is -1.12. The number of ether oxygens (including phenoxy) is 2. The van der Waals surface area contributed by atoms with Gasteiger partial charge in [0.15, 0.2) is 0 Å². The van der Waals surface area contributed by atoms with Gasteiger partial charge in [0.05, 0.1) is 6.61 Å². The lowest BCUT2D eigenvalue weighted by atomic mass is 10.3. The van der Waals surface area contributed by atoms with Gasteiger partial charge in [0.25, 0.3) is 0 Å². The molecule has 0 saturated carbocycles. The molecule has 0 aromatic carbocycles. The fourth-order valence-corrected chi connectivity index (χ4v) is 1.14. The molecule has 0 unspecified atom stereocenters. The number of esters is 1. The standard InChI is InChI=1S/C9H14NO4Si/c1-8(7-10)9(11)14-5-4-13-3-2-6-15-12/h1-6,15H2. The van der Waals surface area contributed by atoms with Crippen molar-refractivity contribution in [3.8, 4) is 6.07 Å². The van der Waals surface area contributed by atoms with Gasteiger partial charge in [-0.15, -0.1) is 0 Å². The molecule has 6 heteroatoms. The van der Waals surface area contributed by atoms with Crippen molar-refractivity contribution < 1.29 is 19.1 Å². The van der Waals surface area contributed by atoms with Gasteiger partial charge in [-0.25, -0.2) is 4.79 Å². The second kappa shape index (κ2) is 9.39. The highest BCUT2D eigenvalue weighted by molar-refractivity contribution is 6.24. The molecule has 83 valence electrons. The zero-order valence-electron chi connectivity index (χ0n) is 8.53. The zero-order valence-corrected chi connectivity index (χ0v) is 9.94. The summed E-state index contributed by atoms with van der Waals surface area (Å²) in [5, 5.41) is 8.30. The highest BCUT2D eigenvalue weighted by Gasteiger charge is 2.06. The lowest BCUT2D eigenvalue weighted by Crippen LogP contribution is -2.11. The Morgan fingerprint density at radius 1 is 1.40 bits per heavy atom. The topological polar surface area (TPSA) is 79.2 Å². The summed E-state index contributed by atoms with van der Waals surface area (Å²) in [4.78, 5) is 21.1. The lowest BCUT2D eigenvalue weighted by Gasteiger charge is -2.04. The smallest absolute Gasteiger partial charge is 0.348 e. The molecule has 0 aliphatic rings. The first kappa shape index (κ1) is 13.8. The Hall–Kier alpha value is -1.16. The molecule has 0 saturated heterocycles. The van der Waals surface area contributed by atoms with Crippen molar-refractivity contribution >= 4 is 15.7 Å². The van der Waals surface area contributed by atoms with Crippen LogP contribution in [0.5, 0.6) is 0 Å². The van der Waals surface area contributed by atoms with Gasteiger partial charge < -0.3 is 14.3 Å². The Bertz CT molecular complexity index is 249. The second-order valence-electron chi connectivity index (χ2n) is 2.75. The van der Waals surface area contributed by atoms with Crippen molar-refractivity contribution in [2.75, 3.05) is 19.8 Å². The molecule has 0 rings (SSSR count). The summed E-state index contributed by atoms with van der Waals surface area (Å²) >= 11 is 0. The van der Waals surface area contributed by atoms with Crippen molar-refractivity contribution in [1.29, 1.82) is 5.26 Å². The summed E-state index contributed by atoms with van der Waals surface area (Å²) in [6, 6.07) is 2.32. The van der Waals surface area contributed by atoms with Gasteiger partial charge in [-0.1, -0.05) is 6.58 Å². The van der Waals surface area contributed by atoms with Crippen molar-refractivity contribution in [3.05, 3.63) is 12.2 Å². The van der Waals surface area contributed by atoms with Crippen LogP contribution >= 0.6 is 0 Å². The fourth-order valence-electron chi connectivity index (χ4n) is 0.734. The summed E-state index contributed by atoms with van der Waals surface area (Å²) in [5.74, 6) is -0.715. The largest absolute Gasteiger partial charge is 0.459 e. The van der Waals surface area contributed by atoms with E-state index in [0.717, 1.165) is 12.5 Å². The third kappa shape index (κ3) is 7.87. The maximum Gasteiger partial charge on any atom is 0.348 e. The minimum absolute atomic E-state index is 0.105. The number of hydrogen-bond donors (Lipinski definition) is 0. The van der Waals surface area contributed by atoms with Crippen LogP contribution in [-0.4, -0.2) is 35.6 Å². The Labute approximate surface area is 91.2 Å². The number of carbonyl (C=O) groups is 1. The van der Waals surface area contributed by atoms with E-state index < -0.39 is 15.7 Å². The molecule has 0 N–H and O–H groups in total. The third-order valence-electron chi connectivity index (χ3n) is 1.53. The normalized spacial score (nSPS) is 10.1. The Kier molecular flexibility index (Phi) is 8.67. The Morgan fingerprint density at radius 2 is 2.13 bits per heavy atom. The summed E-state index contributed by atoms with van der Waals surface area (Å²) in [6.07, 6.45) is 0.772. The quantitative estimate of drug-likeness (QED) is 0.192. The SMILES string of the molecule is C=C(C#N)C(=O)OCCOCCC[SiH2][O]. The Balaban J connectivity index is 3.28. The van der Waals surface area contributed by atoms with Crippen molar-refractivity contribution in [3.63, 3.8) is 0 Å².